The van der Waals surface area contributed by atoms with Crippen molar-refractivity contribution in [2.24, 2.45) is 0 Å². The first-order chi connectivity index (χ1) is 13.1. The van der Waals surface area contributed by atoms with E-state index >= 15 is 0 Å². The van der Waals surface area contributed by atoms with Crippen molar-refractivity contribution in [1.82, 2.24) is 0 Å². The Balaban J connectivity index is 1.80. The van der Waals surface area contributed by atoms with Gasteiger partial charge in [0.2, 0.25) is 0 Å². The number of carbonyl (C=O) groups excluding carboxylic acids is 1. The Morgan fingerprint density at radius 1 is 1.19 bits per heavy atom. The number of fused-ring (bicyclic) bond motifs is 1. The van der Waals surface area contributed by atoms with Gasteiger partial charge in [-0.3, -0.25) is 0 Å². The first-order valence-electron chi connectivity index (χ1n) is 8.36. The van der Waals surface area contributed by atoms with Gasteiger partial charge in [0.05, 0.1) is 0 Å². The van der Waals surface area contributed by atoms with Crippen molar-refractivity contribution in [3.05, 3.63) is 59.2 Å². The summed E-state index contributed by atoms with van der Waals surface area (Å²) in [5.74, 6) is 3.87. The molecule has 6 heteroatoms. The van der Waals surface area contributed by atoms with Crippen LogP contribution in [0, 0.1) is 10.7 Å². The molecule has 27 heavy (non-hydrogen) atoms. The summed E-state index contributed by atoms with van der Waals surface area (Å²) in [4.78, 5) is 14.8. The maximum atomic E-state index is 11.5. The van der Waals surface area contributed by atoms with E-state index in [4.69, 9.17) is 9.47 Å². The number of hydrogen-bond donors (Lipinski definition) is 0. The average Bonchev–Trinajstić information content (AvgIpc) is 2.73. The van der Waals surface area contributed by atoms with E-state index in [0.717, 1.165) is 24.3 Å². The van der Waals surface area contributed by atoms with E-state index in [1.54, 1.807) is 12.1 Å². The summed E-state index contributed by atoms with van der Waals surface area (Å²) in [5.41, 5.74) is 2.69. The molecule has 0 atom stereocenters. The molecule has 3 rings (SSSR count). The van der Waals surface area contributed by atoms with Gasteiger partial charge in [-0.2, -0.15) is 0 Å². The molecular weight excluding hydrogens is 443 g/mol. The second-order valence-corrected chi connectivity index (χ2v) is 10.0. The Hall–Kier alpha value is -1.51. The van der Waals surface area contributed by atoms with Gasteiger partial charge in [0, 0.05) is 0 Å². The Morgan fingerprint density at radius 3 is 2.59 bits per heavy atom. The van der Waals surface area contributed by atoms with Gasteiger partial charge in [-0.05, 0) is 0 Å². The van der Waals surface area contributed by atoms with E-state index in [0.29, 0.717) is 5.56 Å². The normalized spacial score (nSPS) is 14.3. The predicted molar refractivity (Wildman–Crippen MR) is 115 cm³/mol. The number of esters is 1. The minimum atomic E-state index is -0.335. The molecule has 0 bridgehead atoms. The van der Waals surface area contributed by atoms with E-state index in [-0.39, 0.29) is 25.0 Å². The van der Waals surface area contributed by atoms with Gasteiger partial charge in [0.15, 0.2) is 0 Å². The van der Waals surface area contributed by atoms with Crippen LogP contribution in [0.15, 0.2) is 42.5 Å². The first kappa shape index (κ1) is 20.2. The second-order valence-electron chi connectivity index (χ2n) is 5.79. The van der Waals surface area contributed by atoms with Crippen molar-refractivity contribution in [2.75, 3.05) is 26.2 Å². The quantitative estimate of drug-likeness (QED) is 0.300. The standard InChI is InChI=1S/C21H20O3S2Se/c1-23-20(22)16-9-7-15(8-10-16)11-14-27-18-6-4-5-17-19(18)24-13-12-21(17,25-2)26-3/h4-10H,12-13H2,1-3H3. The van der Waals surface area contributed by atoms with Gasteiger partial charge >= 0.3 is 176 Å². The minimum absolute atomic E-state index is 0.00768. The topological polar surface area (TPSA) is 35.5 Å². The molecule has 0 amide bonds. The zero-order chi connectivity index (χ0) is 19.3. The number of thioether (sulfide) groups is 2. The number of hydrogen-bond acceptors (Lipinski definition) is 5. The molecule has 0 spiro atoms. The van der Waals surface area contributed by atoms with Crippen molar-refractivity contribution in [3.8, 4) is 16.5 Å². The fourth-order valence-corrected chi connectivity index (χ4v) is 6.37. The molecule has 0 N–H and O–H groups in total. The molecule has 0 saturated carbocycles. The van der Waals surface area contributed by atoms with Crippen LogP contribution in [-0.4, -0.2) is 47.2 Å². The summed E-state index contributed by atoms with van der Waals surface area (Å²) in [6, 6.07) is 13.6. The molecule has 2 aromatic rings. The van der Waals surface area contributed by atoms with Crippen LogP contribution in [0.5, 0.6) is 5.75 Å². The molecule has 1 aliphatic rings. The van der Waals surface area contributed by atoms with E-state index < -0.39 is 0 Å². The molecule has 1 heterocycles. The van der Waals surface area contributed by atoms with Crippen molar-refractivity contribution in [3.63, 3.8) is 0 Å². The Morgan fingerprint density at radius 2 is 1.93 bits per heavy atom. The molecule has 0 unspecified atom stereocenters. The van der Waals surface area contributed by atoms with Crippen molar-refractivity contribution < 1.29 is 14.3 Å². The number of benzene rings is 2. The number of methoxy groups -OCH3 is 1. The zero-order valence-electron chi connectivity index (χ0n) is 15.4. The van der Waals surface area contributed by atoms with Gasteiger partial charge in [-0.15, -0.1) is 0 Å². The third-order valence-electron chi connectivity index (χ3n) is 4.39. The molecule has 2 aromatic carbocycles. The summed E-state index contributed by atoms with van der Waals surface area (Å²) in [6.45, 7) is 0.740. The Labute approximate surface area is 175 Å². The van der Waals surface area contributed by atoms with Gasteiger partial charge in [0.1, 0.15) is 0 Å². The SMILES string of the molecule is COC(=O)c1ccc(C#C[Se]c2cccc3c2OCCC3(SC)SC)cc1. The summed E-state index contributed by atoms with van der Waals surface area (Å²) < 4.78 is 12.0. The monoisotopic (exact) mass is 464 g/mol. The van der Waals surface area contributed by atoms with Crippen LogP contribution in [0.4, 0.5) is 0 Å². The summed E-state index contributed by atoms with van der Waals surface area (Å²) >= 11 is 3.77. The Bertz CT molecular complexity index is 881. The molecule has 3 nitrogen and oxygen atoms in total. The van der Waals surface area contributed by atoms with Gasteiger partial charge in [-0.25, -0.2) is 0 Å². The van der Waals surface area contributed by atoms with Crippen LogP contribution >= 0.6 is 23.5 Å². The molecule has 0 aliphatic carbocycles. The second kappa shape index (κ2) is 9.12. The predicted octanol–water partition coefficient (Wildman–Crippen LogP) is 3.47. The van der Waals surface area contributed by atoms with Crippen LogP contribution in [0.3, 0.4) is 0 Å². The van der Waals surface area contributed by atoms with Crippen LogP contribution < -0.4 is 9.20 Å². The summed E-state index contributed by atoms with van der Waals surface area (Å²) in [5, 5.41) is 0. The zero-order valence-corrected chi connectivity index (χ0v) is 18.8. The molecule has 0 radical (unpaired) electrons. The van der Waals surface area contributed by atoms with Crippen molar-refractivity contribution in [1.29, 1.82) is 0 Å². The van der Waals surface area contributed by atoms with Crippen LogP contribution in [0.25, 0.3) is 0 Å². The molecule has 0 saturated heterocycles. The maximum absolute atomic E-state index is 11.5. The molecule has 140 valence electrons. The summed E-state index contributed by atoms with van der Waals surface area (Å²) in [6.07, 6.45) is 5.35. The van der Waals surface area contributed by atoms with Crippen molar-refractivity contribution in [2.45, 2.75) is 10.5 Å². The van der Waals surface area contributed by atoms with Crippen molar-refractivity contribution >= 4 is 48.9 Å². The fourth-order valence-electron chi connectivity index (χ4n) is 2.92. The number of rotatable bonds is 4. The average molecular weight is 463 g/mol. The molecule has 1 aliphatic heterocycles. The molecule has 0 fully saturated rings. The van der Waals surface area contributed by atoms with Gasteiger partial charge in [0.25, 0.3) is 0 Å². The van der Waals surface area contributed by atoms with Crippen LogP contribution in [-0.2, 0) is 8.82 Å². The first-order valence-corrected chi connectivity index (χ1v) is 12.5. The molecule has 0 aromatic heterocycles. The van der Waals surface area contributed by atoms with E-state index in [2.05, 4.69) is 41.4 Å². The van der Waals surface area contributed by atoms with Gasteiger partial charge < -0.3 is 0 Å². The number of para-hydroxylation sites is 1. The van der Waals surface area contributed by atoms with E-state index in [1.807, 2.05) is 35.7 Å². The number of ether oxygens (including phenoxy) is 2. The summed E-state index contributed by atoms with van der Waals surface area (Å²) in [7, 11) is 1.38. The van der Waals surface area contributed by atoms with Crippen LogP contribution in [0.2, 0.25) is 0 Å². The fraction of sp³-hybridized carbons (Fsp3) is 0.286. The molecular formula is C21H20O3S2Se. The third kappa shape index (κ3) is 4.33. The Kier molecular flexibility index (Phi) is 6.83. The van der Waals surface area contributed by atoms with Crippen LogP contribution in [0.1, 0.15) is 27.9 Å². The van der Waals surface area contributed by atoms with Gasteiger partial charge in [-0.1, -0.05) is 0 Å². The van der Waals surface area contributed by atoms with E-state index in [9.17, 15) is 4.79 Å². The third-order valence-corrected chi connectivity index (χ3v) is 9.12. The van der Waals surface area contributed by atoms with E-state index in [1.165, 1.54) is 17.1 Å². The number of carbonyl (C=O) groups is 1.